The highest BCUT2D eigenvalue weighted by molar-refractivity contribution is 5.48. The van der Waals surface area contributed by atoms with Crippen LogP contribution < -0.4 is 5.32 Å². The number of fused-ring (bicyclic) bond motifs is 1. The largest absolute Gasteiger partial charge is 0.371 e. The first kappa shape index (κ1) is 8.60. The van der Waals surface area contributed by atoms with E-state index in [1.165, 1.54) is 30.5 Å². The molecule has 0 spiro atoms. The van der Waals surface area contributed by atoms with Crippen LogP contribution in [0.1, 0.15) is 37.6 Å². The fraction of sp³-hybridized carbons (Fsp3) is 0.700. The molecule has 0 radical (unpaired) electrons. The van der Waals surface area contributed by atoms with E-state index >= 15 is 0 Å². The molecule has 0 aliphatic heterocycles. The third-order valence-corrected chi connectivity index (χ3v) is 2.68. The highest BCUT2D eigenvalue weighted by Gasteiger charge is 2.22. The van der Waals surface area contributed by atoms with Gasteiger partial charge < -0.3 is 5.32 Å². The Hall–Kier alpha value is -0.990. The molecule has 2 rings (SSSR count). The van der Waals surface area contributed by atoms with E-state index in [-0.39, 0.29) is 0 Å². The highest BCUT2D eigenvalue weighted by Crippen LogP contribution is 2.30. The Morgan fingerprint density at radius 1 is 1.38 bits per heavy atom. The van der Waals surface area contributed by atoms with Gasteiger partial charge >= 0.3 is 0 Å². The van der Waals surface area contributed by atoms with Crippen LogP contribution in [0, 0.1) is 0 Å². The number of nitrogens with one attached hydrogen (secondary N) is 1. The maximum atomic E-state index is 4.56. The number of hydrogen-bond donors (Lipinski definition) is 1. The average Bonchev–Trinajstić information content (AvgIpc) is 2.61. The quantitative estimate of drug-likeness (QED) is 0.752. The second kappa shape index (κ2) is 3.05. The van der Waals surface area contributed by atoms with Gasteiger partial charge in [-0.2, -0.15) is 5.10 Å². The minimum atomic E-state index is 0.481. The lowest BCUT2D eigenvalue weighted by Crippen LogP contribution is -2.06. The lowest BCUT2D eigenvalue weighted by molar-refractivity contribution is 0.512. The molecule has 0 aromatic carbocycles. The van der Waals surface area contributed by atoms with Gasteiger partial charge in [-0.3, -0.25) is 4.68 Å². The maximum Gasteiger partial charge on any atom is 0.151 e. The molecule has 1 heterocycles. The smallest absolute Gasteiger partial charge is 0.151 e. The molecule has 0 fully saturated rings. The highest BCUT2D eigenvalue weighted by atomic mass is 15.3. The van der Waals surface area contributed by atoms with Crippen LogP contribution in [-0.2, 0) is 12.8 Å². The summed E-state index contributed by atoms with van der Waals surface area (Å²) in [6.45, 7) is 4.37. The van der Waals surface area contributed by atoms with Gasteiger partial charge in [0, 0.05) is 24.3 Å². The summed E-state index contributed by atoms with van der Waals surface area (Å²) in [6.07, 6.45) is 3.68. The van der Waals surface area contributed by atoms with E-state index in [4.69, 9.17) is 0 Å². The molecular weight excluding hydrogens is 162 g/mol. The SMILES string of the molecule is CNc1nn(C(C)C)c2c1CCC2. The number of aromatic nitrogens is 2. The van der Waals surface area contributed by atoms with Gasteiger partial charge in [0.2, 0.25) is 0 Å². The van der Waals surface area contributed by atoms with Crippen LogP contribution in [0.15, 0.2) is 0 Å². The topological polar surface area (TPSA) is 29.9 Å². The van der Waals surface area contributed by atoms with Crippen molar-refractivity contribution in [3.05, 3.63) is 11.3 Å². The Balaban J connectivity index is 2.48. The molecule has 1 aromatic heterocycles. The zero-order chi connectivity index (χ0) is 9.42. The molecule has 3 nitrogen and oxygen atoms in total. The van der Waals surface area contributed by atoms with E-state index in [0.29, 0.717) is 6.04 Å². The molecule has 1 aliphatic rings. The van der Waals surface area contributed by atoms with Crippen molar-refractivity contribution < 1.29 is 0 Å². The molecule has 72 valence electrons. The zero-order valence-corrected chi connectivity index (χ0v) is 8.59. The molecule has 0 unspecified atom stereocenters. The molecule has 0 saturated carbocycles. The summed E-state index contributed by atoms with van der Waals surface area (Å²) in [6, 6.07) is 0.481. The van der Waals surface area contributed by atoms with Crippen molar-refractivity contribution in [2.45, 2.75) is 39.2 Å². The molecular formula is C10H17N3. The number of hydrogen-bond acceptors (Lipinski definition) is 2. The second-order valence-electron chi connectivity index (χ2n) is 3.92. The van der Waals surface area contributed by atoms with Gasteiger partial charge in [-0.05, 0) is 33.1 Å². The van der Waals surface area contributed by atoms with Crippen LogP contribution in [0.5, 0.6) is 0 Å². The van der Waals surface area contributed by atoms with E-state index in [1.54, 1.807) is 0 Å². The Bertz CT molecular complexity index is 312. The van der Waals surface area contributed by atoms with E-state index in [2.05, 4.69) is 28.9 Å². The summed E-state index contributed by atoms with van der Waals surface area (Å²) in [4.78, 5) is 0. The molecule has 3 heteroatoms. The van der Waals surface area contributed by atoms with Crippen molar-refractivity contribution in [1.29, 1.82) is 0 Å². The lowest BCUT2D eigenvalue weighted by atomic mass is 10.2. The monoisotopic (exact) mass is 179 g/mol. The van der Waals surface area contributed by atoms with Crippen LogP contribution in [0.25, 0.3) is 0 Å². The van der Waals surface area contributed by atoms with Gasteiger partial charge in [-0.25, -0.2) is 0 Å². The van der Waals surface area contributed by atoms with E-state index in [9.17, 15) is 0 Å². The minimum absolute atomic E-state index is 0.481. The second-order valence-corrected chi connectivity index (χ2v) is 3.92. The molecule has 13 heavy (non-hydrogen) atoms. The van der Waals surface area contributed by atoms with Crippen molar-refractivity contribution in [1.82, 2.24) is 9.78 Å². The van der Waals surface area contributed by atoms with Gasteiger partial charge in [-0.15, -0.1) is 0 Å². The molecule has 0 bridgehead atoms. The first-order valence-electron chi connectivity index (χ1n) is 5.02. The van der Waals surface area contributed by atoms with Crippen LogP contribution in [0.4, 0.5) is 5.82 Å². The summed E-state index contributed by atoms with van der Waals surface area (Å²) in [5.41, 5.74) is 2.88. The molecule has 0 saturated heterocycles. The summed E-state index contributed by atoms with van der Waals surface area (Å²) >= 11 is 0. The molecule has 1 aliphatic carbocycles. The number of rotatable bonds is 2. The lowest BCUT2D eigenvalue weighted by Gasteiger charge is -2.08. The predicted molar refractivity (Wildman–Crippen MR) is 54.2 cm³/mol. The average molecular weight is 179 g/mol. The predicted octanol–water partition coefficient (Wildman–Crippen LogP) is 1.99. The van der Waals surface area contributed by atoms with Crippen molar-refractivity contribution >= 4 is 5.82 Å². The Morgan fingerprint density at radius 2 is 2.15 bits per heavy atom. The van der Waals surface area contributed by atoms with Gasteiger partial charge in [-0.1, -0.05) is 0 Å². The minimum Gasteiger partial charge on any atom is -0.371 e. The van der Waals surface area contributed by atoms with Crippen LogP contribution in [0.3, 0.4) is 0 Å². The first-order valence-corrected chi connectivity index (χ1v) is 5.02. The van der Waals surface area contributed by atoms with Gasteiger partial charge in [0.1, 0.15) is 0 Å². The number of nitrogens with zero attached hydrogens (tertiary/aromatic N) is 2. The van der Waals surface area contributed by atoms with Gasteiger partial charge in [0.15, 0.2) is 5.82 Å². The van der Waals surface area contributed by atoms with Gasteiger partial charge in [0.05, 0.1) is 0 Å². The van der Waals surface area contributed by atoms with Crippen LogP contribution >= 0.6 is 0 Å². The zero-order valence-electron chi connectivity index (χ0n) is 8.59. The maximum absolute atomic E-state index is 4.56. The third kappa shape index (κ3) is 1.23. The molecule has 0 amide bonds. The van der Waals surface area contributed by atoms with E-state index in [0.717, 1.165) is 5.82 Å². The standard InChI is InChI=1S/C10H17N3/c1-7(2)13-9-6-4-5-8(9)10(11-3)12-13/h7H,4-6H2,1-3H3,(H,11,12). The first-order chi connectivity index (χ1) is 6.24. The van der Waals surface area contributed by atoms with Gasteiger partial charge in [0.25, 0.3) is 0 Å². The Kier molecular flexibility index (Phi) is 2.02. The van der Waals surface area contributed by atoms with Crippen LogP contribution in [0.2, 0.25) is 0 Å². The third-order valence-electron chi connectivity index (χ3n) is 2.68. The van der Waals surface area contributed by atoms with Crippen molar-refractivity contribution in [3.63, 3.8) is 0 Å². The summed E-state index contributed by atoms with van der Waals surface area (Å²) < 4.78 is 2.16. The summed E-state index contributed by atoms with van der Waals surface area (Å²) in [5, 5.41) is 7.73. The van der Waals surface area contributed by atoms with Crippen molar-refractivity contribution in [2.24, 2.45) is 0 Å². The van der Waals surface area contributed by atoms with Crippen molar-refractivity contribution in [2.75, 3.05) is 12.4 Å². The normalized spacial score (nSPS) is 15.1. The fourth-order valence-corrected chi connectivity index (χ4v) is 2.09. The van der Waals surface area contributed by atoms with E-state index in [1.807, 2.05) is 7.05 Å². The molecule has 1 N–H and O–H groups in total. The number of anilines is 1. The molecule has 1 aromatic rings. The summed E-state index contributed by atoms with van der Waals surface area (Å²) in [5.74, 6) is 1.08. The van der Waals surface area contributed by atoms with E-state index < -0.39 is 0 Å². The van der Waals surface area contributed by atoms with Crippen LogP contribution in [-0.4, -0.2) is 16.8 Å². The summed E-state index contributed by atoms with van der Waals surface area (Å²) in [7, 11) is 1.95. The Labute approximate surface area is 79.1 Å². The fourth-order valence-electron chi connectivity index (χ4n) is 2.09. The molecule has 0 atom stereocenters. The van der Waals surface area contributed by atoms with Crippen molar-refractivity contribution in [3.8, 4) is 0 Å². The Morgan fingerprint density at radius 3 is 2.77 bits per heavy atom.